The van der Waals surface area contributed by atoms with E-state index in [9.17, 15) is 4.79 Å². The van der Waals surface area contributed by atoms with E-state index in [1.54, 1.807) is 0 Å². The quantitative estimate of drug-likeness (QED) is 0.637. The Balaban J connectivity index is 3.45. The number of nitrogens with one attached hydrogen (secondary N) is 1. The molecule has 1 atom stereocenters. The molecule has 3 heteroatoms. The number of unbranched alkanes of at least 4 members (excludes halogenated alkanes) is 1. The van der Waals surface area contributed by atoms with Gasteiger partial charge in [0.05, 0.1) is 6.07 Å². The van der Waals surface area contributed by atoms with Crippen LogP contribution in [0.15, 0.2) is 0 Å². The van der Waals surface area contributed by atoms with Crippen molar-refractivity contribution < 1.29 is 4.79 Å². The Bertz CT molecular complexity index is 184. The van der Waals surface area contributed by atoms with Gasteiger partial charge in [0.15, 0.2) is 0 Å². The Kier molecular flexibility index (Phi) is 6.99. The van der Waals surface area contributed by atoms with Crippen molar-refractivity contribution in [3.05, 3.63) is 0 Å². The van der Waals surface area contributed by atoms with Gasteiger partial charge in [-0.05, 0) is 12.8 Å². The molecule has 0 fully saturated rings. The van der Waals surface area contributed by atoms with Crippen LogP contribution in [0.25, 0.3) is 0 Å². The van der Waals surface area contributed by atoms with Crippen molar-refractivity contribution in [2.45, 2.75) is 39.5 Å². The molecule has 0 rings (SSSR count). The molecule has 1 N–H and O–H groups in total. The maximum atomic E-state index is 11.3. The summed E-state index contributed by atoms with van der Waals surface area (Å²) >= 11 is 0. The molecule has 0 aromatic rings. The van der Waals surface area contributed by atoms with Crippen molar-refractivity contribution in [1.82, 2.24) is 5.32 Å². The summed E-state index contributed by atoms with van der Waals surface area (Å²) in [5, 5.41) is 11.1. The number of carbonyl (C=O) groups excluding carboxylic acids is 1. The lowest BCUT2D eigenvalue weighted by molar-refractivity contribution is -0.124. The lowest BCUT2D eigenvalue weighted by Crippen LogP contribution is -2.29. The molecule has 0 heterocycles. The van der Waals surface area contributed by atoms with Gasteiger partial charge in [0, 0.05) is 18.9 Å². The molecule has 0 aliphatic carbocycles. The molecule has 0 saturated carbocycles. The van der Waals surface area contributed by atoms with E-state index in [2.05, 4.69) is 12.2 Å². The van der Waals surface area contributed by atoms with E-state index in [-0.39, 0.29) is 11.8 Å². The first kappa shape index (κ1) is 12.0. The van der Waals surface area contributed by atoms with E-state index in [0.717, 1.165) is 19.3 Å². The SMILES string of the molecule is CCCC(C)C(=O)NCCCC#N. The van der Waals surface area contributed by atoms with E-state index in [4.69, 9.17) is 5.26 Å². The van der Waals surface area contributed by atoms with Gasteiger partial charge in [-0.25, -0.2) is 0 Å². The molecule has 74 valence electrons. The molecule has 0 spiro atoms. The third kappa shape index (κ3) is 6.15. The average molecular weight is 182 g/mol. The number of nitrogens with zero attached hydrogens (tertiary/aromatic N) is 1. The fourth-order valence-corrected chi connectivity index (χ4v) is 1.12. The first-order valence-electron chi connectivity index (χ1n) is 4.87. The van der Waals surface area contributed by atoms with Gasteiger partial charge in [-0.3, -0.25) is 4.79 Å². The number of carbonyl (C=O) groups is 1. The summed E-state index contributed by atoms with van der Waals surface area (Å²) in [6, 6.07) is 2.04. The monoisotopic (exact) mass is 182 g/mol. The number of rotatable bonds is 6. The summed E-state index contributed by atoms with van der Waals surface area (Å²) in [5.74, 6) is 0.215. The molecule has 0 aliphatic heterocycles. The number of hydrogen-bond donors (Lipinski definition) is 1. The van der Waals surface area contributed by atoms with Gasteiger partial charge in [-0.15, -0.1) is 0 Å². The second kappa shape index (κ2) is 7.60. The van der Waals surface area contributed by atoms with Crippen LogP contribution in [0.5, 0.6) is 0 Å². The standard InChI is InChI=1S/C10H18N2O/c1-3-6-9(2)10(13)12-8-5-4-7-11/h9H,3-6,8H2,1-2H3,(H,12,13). The van der Waals surface area contributed by atoms with Crippen LogP contribution >= 0.6 is 0 Å². The highest BCUT2D eigenvalue weighted by Gasteiger charge is 2.09. The van der Waals surface area contributed by atoms with Gasteiger partial charge in [0.2, 0.25) is 5.91 Å². The van der Waals surface area contributed by atoms with Crippen LogP contribution in [-0.4, -0.2) is 12.5 Å². The predicted molar refractivity (Wildman–Crippen MR) is 51.9 cm³/mol. The lowest BCUT2D eigenvalue weighted by atomic mass is 10.1. The maximum Gasteiger partial charge on any atom is 0.222 e. The van der Waals surface area contributed by atoms with Gasteiger partial charge in [0.25, 0.3) is 0 Å². The molecule has 1 unspecified atom stereocenters. The first-order valence-corrected chi connectivity index (χ1v) is 4.87. The third-order valence-electron chi connectivity index (χ3n) is 1.93. The topological polar surface area (TPSA) is 52.9 Å². The number of hydrogen-bond acceptors (Lipinski definition) is 2. The molecule has 3 nitrogen and oxygen atoms in total. The zero-order valence-electron chi connectivity index (χ0n) is 8.47. The predicted octanol–water partition coefficient (Wildman–Crippen LogP) is 1.84. The molecule has 0 radical (unpaired) electrons. The van der Waals surface area contributed by atoms with Gasteiger partial charge >= 0.3 is 0 Å². The third-order valence-corrected chi connectivity index (χ3v) is 1.93. The van der Waals surface area contributed by atoms with Crippen molar-refractivity contribution in [3.8, 4) is 6.07 Å². The number of nitriles is 1. The molecular weight excluding hydrogens is 164 g/mol. The minimum atomic E-state index is 0.104. The van der Waals surface area contributed by atoms with Crippen LogP contribution in [-0.2, 0) is 4.79 Å². The summed E-state index contributed by atoms with van der Waals surface area (Å²) in [6.07, 6.45) is 3.24. The Morgan fingerprint density at radius 3 is 2.85 bits per heavy atom. The molecular formula is C10H18N2O. The highest BCUT2D eigenvalue weighted by molar-refractivity contribution is 5.78. The molecule has 0 aromatic heterocycles. The first-order chi connectivity index (χ1) is 6.22. The summed E-state index contributed by atoms with van der Waals surface area (Å²) in [6.45, 7) is 4.63. The van der Waals surface area contributed by atoms with Crippen molar-refractivity contribution >= 4 is 5.91 Å². The van der Waals surface area contributed by atoms with Crippen LogP contribution < -0.4 is 5.32 Å². The highest BCUT2D eigenvalue weighted by Crippen LogP contribution is 2.04. The van der Waals surface area contributed by atoms with Gasteiger partial charge in [0.1, 0.15) is 0 Å². The maximum absolute atomic E-state index is 11.3. The molecule has 0 aromatic carbocycles. The van der Waals surface area contributed by atoms with E-state index in [0.29, 0.717) is 13.0 Å². The normalized spacial score (nSPS) is 11.8. The van der Waals surface area contributed by atoms with Crippen LogP contribution in [0.3, 0.4) is 0 Å². The molecule has 0 aliphatic rings. The average Bonchev–Trinajstić information content (AvgIpc) is 2.12. The fraction of sp³-hybridized carbons (Fsp3) is 0.800. The summed E-state index contributed by atoms with van der Waals surface area (Å²) < 4.78 is 0. The van der Waals surface area contributed by atoms with Crippen LogP contribution in [0.2, 0.25) is 0 Å². The Morgan fingerprint density at radius 2 is 2.31 bits per heavy atom. The minimum absolute atomic E-state index is 0.104. The Hall–Kier alpha value is -1.04. The van der Waals surface area contributed by atoms with Crippen molar-refractivity contribution in [3.63, 3.8) is 0 Å². The molecule has 1 amide bonds. The smallest absolute Gasteiger partial charge is 0.222 e. The molecule has 0 bridgehead atoms. The van der Waals surface area contributed by atoms with Gasteiger partial charge in [-0.2, -0.15) is 5.26 Å². The van der Waals surface area contributed by atoms with Gasteiger partial charge < -0.3 is 5.32 Å². The second-order valence-corrected chi connectivity index (χ2v) is 3.24. The van der Waals surface area contributed by atoms with Crippen LogP contribution in [0, 0.1) is 17.2 Å². The van der Waals surface area contributed by atoms with E-state index in [1.165, 1.54) is 0 Å². The van der Waals surface area contributed by atoms with Crippen LogP contribution in [0.1, 0.15) is 39.5 Å². The minimum Gasteiger partial charge on any atom is -0.356 e. The van der Waals surface area contributed by atoms with E-state index in [1.807, 2.05) is 13.0 Å². The zero-order valence-corrected chi connectivity index (χ0v) is 8.47. The molecule has 13 heavy (non-hydrogen) atoms. The van der Waals surface area contributed by atoms with Crippen molar-refractivity contribution in [2.75, 3.05) is 6.54 Å². The van der Waals surface area contributed by atoms with E-state index >= 15 is 0 Å². The van der Waals surface area contributed by atoms with Gasteiger partial charge in [-0.1, -0.05) is 20.3 Å². The molecule has 0 saturated heterocycles. The Labute approximate surface area is 80.1 Å². The fourth-order valence-electron chi connectivity index (χ4n) is 1.12. The van der Waals surface area contributed by atoms with E-state index < -0.39 is 0 Å². The van der Waals surface area contributed by atoms with Crippen molar-refractivity contribution in [1.29, 1.82) is 5.26 Å². The number of amides is 1. The van der Waals surface area contributed by atoms with Crippen LogP contribution in [0.4, 0.5) is 0 Å². The zero-order chi connectivity index (χ0) is 10.1. The summed E-state index contributed by atoms with van der Waals surface area (Å²) in [4.78, 5) is 11.3. The van der Waals surface area contributed by atoms with Crippen molar-refractivity contribution in [2.24, 2.45) is 5.92 Å². The Morgan fingerprint density at radius 1 is 1.62 bits per heavy atom. The largest absolute Gasteiger partial charge is 0.356 e. The second-order valence-electron chi connectivity index (χ2n) is 3.24. The highest BCUT2D eigenvalue weighted by atomic mass is 16.1. The summed E-state index contributed by atoms with van der Waals surface area (Å²) in [7, 11) is 0. The summed E-state index contributed by atoms with van der Waals surface area (Å²) in [5.41, 5.74) is 0. The lowest BCUT2D eigenvalue weighted by Gasteiger charge is -2.09.